The van der Waals surface area contributed by atoms with Gasteiger partial charge in [0.1, 0.15) is 0 Å². The van der Waals surface area contributed by atoms with E-state index in [2.05, 4.69) is 0 Å². The highest BCUT2D eigenvalue weighted by Gasteiger charge is 2.42. The summed E-state index contributed by atoms with van der Waals surface area (Å²) >= 11 is 0. The molecule has 1 aliphatic rings. The second kappa shape index (κ2) is 5.32. The van der Waals surface area contributed by atoms with Crippen molar-refractivity contribution in [2.45, 2.75) is 39.5 Å². The fraction of sp³-hybridized carbons (Fsp3) is 0.833. The first-order valence-corrected chi connectivity index (χ1v) is 5.94. The first kappa shape index (κ1) is 13.0. The van der Waals surface area contributed by atoms with E-state index in [0.717, 1.165) is 12.8 Å². The predicted octanol–water partition coefficient (Wildman–Crippen LogP) is 2.23. The molecule has 16 heavy (non-hydrogen) atoms. The molecule has 0 aromatic heterocycles. The fourth-order valence-electron chi connectivity index (χ4n) is 2.95. The standard InChI is InChI=1S/C12H20O4/c1-3-4-8-7(2)9(11(13)14)5-6-10(8)12(15)16/h7-10H,3-6H2,1-2H3,(H,13,14)(H,15,16). The van der Waals surface area contributed by atoms with Gasteiger partial charge < -0.3 is 10.2 Å². The Morgan fingerprint density at radius 3 is 2.06 bits per heavy atom. The molecule has 0 radical (unpaired) electrons. The first-order valence-electron chi connectivity index (χ1n) is 5.94. The van der Waals surface area contributed by atoms with Gasteiger partial charge in [-0.25, -0.2) is 0 Å². The largest absolute Gasteiger partial charge is 0.481 e. The van der Waals surface area contributed by atoms with Crippen molar-refractivity contribution in [3.05, 3.63) is 0 Å². The van der Waals surface area contributed by atoms with Gasteiger partial charge in [0.25, 0.3) is 0 Å². The molecule has 92 valence electrons. The van der Waals surface area contributed by atoms with Gasteiger partial charge in [-0.15, -0.1) is 0 Å². The topological polar surface area (TPSA) is 74.6 Å². The zero-order valence-electron chi connectivity index (χ0n) is 9.85. The first-order chi connectivity index (χ1) is 7.49. The van der Waals surface area contributed by atoms with Crippen molar-refractivity contribution in [2.24, 2.45) is 23.7 Å². The van der Waals surface area contributed by atoms with E-state index in [1.807, 2.05) is 13.8 Å². The van der Waals surface area contributed by atoms with Gasteiger partial charge in [-0.2, -0.15) is 0 Å². The summed E-state index contributed by atoms with van der Waals surface area (Å²) in [5.41, 5.74) is 0. The highest BCUT2D eigenvalue weighted by molar-refractivity contribution is 5.73. The number of carboxylic acids is 2. The van der Waals surface area contributed by atoms with Crippen LogP contribution in [0.2, 0.25) is 0 Å². The van der Waals surface area contributed by atoms with Gasteiger partial charge in [-0.3, -0.25) is 9.59 Å². The molecule has 0 aliphatic heterocycles. The molecule has 1 rings (SSSR count). The second-order valence-electron chi connectivity index (χ2n) is 4.78. The molecule has 1 fully saturated rings. The van der Waals surface area contributed by atoms with Crippen LogP contribution >= 0.6 is 0 Å². The summed E-state index contributed by atoms with van der Waals surface area (Å²) in [7, 11) is 0. The van der Waals surface area contributed by atoms with Gasteiger partial charge in [-0.05, 0) is 31.1 Å². The Balaban J connectivity index is 2.82. The van der Waals surface area contributed by atoms with Gasteiger partial charge in [0.2, 0.25) is 0 Å². The van der Waals surface area contributed by atoms with E-state index in [9.17, 15) is 9.59 Å². The number of hydrogen-bond acceptors (Lipinski definition) is 2. The van der Waals surface area contributed by atoms with Crippen LogP contribution in [0.4, 0.5) is 0 Å². The average Bonchev–Trinajstić information content (AvgIpc) is 2.20. The Labute approximate surface area is 95.7 Å². The van der Waals surface area contributed by atoms with Crippen LogP contribution in [-0.2, 0) is 9.59 Å². The van der Waals surface area contributed by atoms with Crippen molar-refractivity contribution in [1.29, 1.82) is 0 Å². The van der Waals surface area contributed by atoms with Crippen molar-refractivity contribution >= 4 is 11.9 Å². The van der Waals surface area contributed by atoms with Gasteiger partial charge in [0.15, 0.2) is 0 Å². The molecule has 4 heteroatoms. The zero-order valence-corrected chi connectivity index (χ0v) is 9.85. The smallest absolute Gasteiger partial charge is 0.306 e. The summed E-state index contributed by atoms with van der Waals surface area (Å²) in [5, 5.41) is 18.2. The van der Waals surface area contributed by atoms with Crippen LogP contribution in [-0.4, -0.2) is 22.2 Å². The minimum Gasteiger partial charge on any atom is -0.481 e. The maximum atomic E-state index is 11.1. The summed E-state index contributed by atoms with van der Waals surface area (Å²) in [4.78, 5) is 22.2. The van der Waals surface area contributed by atoms with Gasteiger partial charge >= 0.3 is 11.9 Å². The number of rotatable bonds is 4. The Morgan fingerprint density at radius 2 is 1.62 bits per heavy atom. The summed E-state index contributed by atoms with van der Waals surface area (Å²) in [5.74, 6) is -2.30. The van der Waals surface area contributed by atoms with E-state index < -0.39 is 11.9 Å². The van der Waals surface area contributed by atoms with Gasteiger partial charge in [0, 0.05) is 0 Å². The van der Waals surface area contributed by atoms with Crippen LogP contribution in [0.3, 0.4) is 0 Å². The summed E-state index contributed by atoms with van der Waals surface area (Å²) < 4.78 is 0. The minimum absolute atomic E-state index is 0.0114. The molecule has 4 nitrogen and oxygen atoms in total. The van der Waals surface area contributed by atoms with Crippen LogP contribution in [0.1, 0.15) is 39.5 Å². The Morgan fingerprint density at radius 1 is 1.12 bits per heavy atom. The normalized spacial score (nSPS) is 34.6. The van der Waals surface area contributed by atoms with Crippen LogP contribution in [0.15, 0.2) is 0 Å². The van der Waals surface area contributed by atoms with Gasteiger partial charge in [0.05, 0.1) is 11.8 Å². The minimum atomic E-state index is -0.780. The summed E-state index contributed by atoms with van der Waals surface area (Å²) in [6.45, 7) is 3.89. The third kappa shape index (κ3) is 2.54. The second-order valence-corrected chi connectivity index (χ2v) is 4.78. The molecule has 0 aromatic rings. The zero-order chi connectivity index (χ0) is 12.3. The molecular formula is C12H20O4. The SMILES string of the molecule is CCCC1C(C(=O)O)CCC(C(=O)O)C1C. The fourth-order valence-corrected chi connectivity index (χ4v) is 2.95. The van der Waals surface area contributed by atoms with Crippen molar-refractivity contribution in [3.63, 3.8) is 0 Å². The maximum Gasteiger partial charge on any atom is 0.306 e. The third-order valence-corrected chi connectivity index (χ3v) is 3.87. The van der Waals surface area contributed by atoms with Crippen molar-refractivity contribution < 1.29 is 19.8 Å². The lowest BCUT2D eigenvalue weighted by molar-refractivity contribution is -0.154. The quantitative estimate of drug-likeness (QED) is 0.773. The molecule has 0 saturated heterocycles. The van der Waals surface area contributed by atoms with Crippen LogP contribution in [0.5, 0.6) is 0 Å². The van der Waals surface area contributed by atoms with E-state index in [-0.39, 0.29) is 23.7 Å². The van der Waals surface area contributed by atoms with E-state index in [4.69, 9.17) is 10.2 Å². The molecule has 0 aromatic carbocycles. The monoisotopic (exact) mass is 228 g/mol. The van der Waals surface area contributed by atoms with E-state index in [1.165, 1.54) is 0 Å². The molecule has 2 N–H and O–H groups in total. The number of carboxylic acid groups (broad SMARTS) is 2. The molecular weight excluding hydrogens is 208 g/mol. The molecule has 0 heterocycles. The number of hydrogen-bond donors (Lipinski definition) is 2. The van der Waals surface area contributed by atoms with Gasteiger partial charge in [-0.1, -0.05) is 20.3 Å². The lowest BCUT2D eigenvalue weighted by Crippen LogP contribution is -2.40. The predicted molar refractivity (Wildman–Crippen MR) is 59.0 cm³/mol. The lowest BCUT2D eigenvalue weighted by Gasteiger charge is -2.38. The number of aliphatic carboxylic acids is 2. The highest BCUT2D eigenvalue weighted by atomic mass is 16.4. The van der Waals surface area contributed by atoms with Crippen molar-refractivity contribution in [1.82, 2.24) is 0 Å². The molecule has 0 amide bonds. The van der Waals surface area contributed by atoms with Crippen molar-refractivity contribution in [3.8, 4) is 0 Å². The number of carbonyl (C=O) groups is 2. The lowest BCUT2D eigenvalue weighted by atomic mass is 9.66. The van der Waals surface area contributed by atoms with Crippen molar-refractivity contribution in [2.75, 3.05) is 0 Å². The van der Waals surface area contributed by atoms with Crippen LogP contribution < -0.4 is 0 Å². The summed E-state index contributed by atoms with van der Waals surface area (Å²) in [6.07, 6.45) is 2.71. The average molecular weight is 228 g/mol. The maximum absolute atomic E-state index is 11.1. The molecule has 0 spiro atoms. The molecule has 1 saturated carbocycles. The Kier molecular flexibility index (Phi) is 4.33. The molecule has 1 aliphatic carbocycles. The van der Waals surface area contributed by atoms with E-state index in [1.54, 1.807) is 0 Å². The van der Waals surface area contributed by atoms with Crippen LogP contribution in [0.25, 0.3) is 0 Å². The van der Waals surface area contributed by atoms with Crippen LogP contribution in [0, 0.1) is 23.7 Å². The Bertz CT molecular complexity index is 274. The molecule has 4 unspecified atom stereocenters. The third-order valence-electron chi connectivity index (χ3n) is 3.87. The molecule has 4 atom stereocenters. The summed E-state index contributed by atoms with van der Waals surface area (Å²) in [6, 6.07) is 0. The van der Waals surface area contributed by atoms with E-state index in [0.29, 0.717) is 12.8 Å². The molecule has 0 bridgehead atoms. The highest BCUT2D eigenvalue weighted by Crippen LogP contribution is 2.41. The Hall–Kier alpha value is -1.06. The van der Waals surface area contributed by atoms with E-state index >= 15 is 0 Å².